The molecule has 0 aliphatic heterocycles. The Morgan fingerprint density at radius 3 is 0.762 bits per heavy atom. The first-order chi connectivity index (χ1) is 10.2. The first-order valence-electron chi connectivity index (χ1n) is 8.95. The molecule has 0 atom stereocenters. The third kappa shape index (κ3) is 1880. The number of hydrogen-bond acceptors (Lipinski definition) is 1. The average Bonchev–Trinajstić information content (AvgIpc) is 2.64. The lowest BCUT2D eigenvalue weighted by molar-refractivity contribution is 0.886. The third-order valence-corrected chi connectivity index (χ3v) is 1.000. The molecule has 0 fully saturated rings. The highest BCUT2D eigenvalue weighted by Gasteiger charge is 1.56. The SMILES string of the molecule is C=CC.C=CSC.CC.CC.CC.CC.CC.CCCC. The molecule has 138 valence electrons. The van der Waals surface area contributed by atoms with E-state index in [0.29, 0.717) is 0 Å². The molecule has 0 rings (SSSR count). The van der Waals surface area contributed by atoms with Crippen molar-refractivity contribution >= 4 is 11.8 Å². The molecule has 0 heterocycles. The Morgan fingerprint density at radius 1 is 0.667 bits per heavy atom. The standard InChI is InChI=1S/C4H10.C3H6S.C3H6.5C2H6/c2*1-3-4-2;1-3-2;5*1-2/h3-4H2,1-2H3;3H,1H2,2H3;3H,1H2,2H3;5*1-2H3. The van der Waals surface area contributed by atoms with E-state index in [-0.39, 0.29) is 0 Å². The lowest BCUT2D eigenvalue weighted by Gasteiger charge is -1.68. The van der Waals surface area contributed by atoms with Crippen LogP contribution in [0.4, 0.5) is 0 Å². The van der Waals surface area contributed by atoms with Gasteiger partial charge in [-0.05, 0) is 18.6 Å². The number of unbranched alkanes of at least 4 members (excludes halogenated alkanes) is 1. The molecule has 0 bridgehead atoms. The van der Waals surface area contributed by atoms with Crippen LogP contribution in [0.2, 0.25) is 0 Å². The summed E-state index contributed by atoms with van der Waals surface area (Å²) >= 11 is 1.62. The second-order valence-electron chi connectivity index (χ2n) is 1.81. The summed E-state index contributed by atoms with van der Waals surface area (Å²) in [6.07, 6.45) is 6.37. The van der Waals surface area contributed by atoms with Gasteiger partial charge in [0.05, 0.1) is 0 Å². The Hall–Kier alpha value is -0.170. The van der Waals surface area contributed by atoms with Crippen molar-refractivity contribution in [2.75, 3.05) is 6.26 Å². The van der Waals surface area contributed by atoms with Crippen molar-refractivity contribution in [2.45, 2.75) is 103 Å². The topological polar surface area (TPSA) is 0 Å². The highest BCUT2D eigenvalue weighted by molar-refractivity contribution is 8.01. The summed E-state index contributed by atoms with van der Waals surface area (Å²) in [6, 6.07) is 0. The van der Waals surface area contributed by atoms with E-state index in [1.165, 1.54) is 12.8 Å². The van der Waals surface area contributed by atoms with Crippen LogP contribution in [0.1, 0.15) is 103 Å². The summed E-state index contributed by atoms with van der Waals surface area (Å²) in [5, 5.41) is 1.79. The molecule has 0 nitrogen and oxygen atoms in total. The zero-order valence-electron chi connectivity index (χ0n) is 18.4. The minimum absolute atomic E-state index is 1.32. The normalized spacial score (nSPS) is 4.67. The summed E-state index contributed by atoms with van der Waals surface area (Å²) in [6.45, 7) is 33.1. The van der Waals surface area contributed by atoms with Crippen LogP contribution in [0.25, 0.3) is 0 Å². The second-order valence-corrected chi connectivity index (χ2v) is 2.62. The van der Waals surface area contributed by atoms with Gasteiger partial charge in [0.25, 0.3) is 0 Å². The minimum atomic E-state index is 1.32. The van der Waals surface area contributed by atoms with Crippen molar-refractivity contribution in [3.8, 4) is 0 Å². The van der Waals surface area contributed by atoms with Crippen LogP contribution in [0.5, 0.6) is 0 Å². The highest BCUT2D eigenvalue weighted by atomic mass is 32.2. The van der Waals surface area contributed by atoms with Crippen LogP contribution in [-0.2, 0) is 0 Å². The van der Waals surface area contributed by atoms with Gasteiger partial charge < -0.3 is 0 Å². The molecule has 0 aromatic rings. The van der Waals surface area contributed by atoms with Crippen molar-refractivity contribution in [3.63, 3.8) is 0 Å². The van der Waals surface area contributed by atoms with Crippen LogP contribution in [0, 0.1) is 0 Å². The van der Waals surface area contributed by atoms with Gasteiger partial charge >= 0.3 is 0 Å². The lowest BCUT2D eigenvalue weighted by Crippen LogP contribution is -1.47. The Bertz CT molecular complexity index is 56.9. The quantitative estimate of drug-likeness (QED) is 0.455. The average molecular weight is 325 g/mol. The fraction of sp³-hybridized carbons (Fsp3) is 0.800. The van der Waals surface area contributed by atoms with Gasteiger partial charge in [0.1, 0.15) is 0 Å². The highest BCUT2D eigenvalue weighted by Crippen LogP contribution is 1.85. The number of hydrogen-bond donors (Lipinski definition) is 0. The van der Waals surface area contributed by atoms with Crippen molar-refractivity contribution < 1.29 is 0 Å². The van der Waals surface area contributed by atoms with Gasteiger partial charge in [-0.15, -0.1) is 18.3 Å². The fourth-order valence-electron chi connectivity index (χ4n) is 0. The van der Waals surface area contributed by atoms with Crippen LogP contribution >= 0.6 is 11.8 Å². The van der Waals surface area contributed by atoms with Gasteiger partial charge in [0, 0.05) is 0 Å². The maximum Gasteiger partial charge on any atom is -0.0142 e. The van der Waals surface area contributed by atoms with E-state index in [1.807, 2.05) is 82.4 Å². The van der Waals surface area contributed by atoms with Gasteiger partial charge in [0.15, 0.2) is 0 Å². The van der Waals surface area contributed by atoms with Crippen LogP contribution < -0.4 is 0 Å². The van der Waals surface area contributed by atoms with Crippen molar-refractivity contribution in [1.29, 1.82) is 0 Å². The van der Waals surface area contributed by atoms with Crippen molar-refractivity contribution in [1.82, 2.24) is 0 Å². The van der Waals surface area contributed by atoms with E-state index in [9.17, 15) is 0 Å². The van der Waals surface area contributed by atoms with Crippen LogP contribution in [0.15, 0.2) is 24.6 Å². The Morgan fingerprint density at radius 2 is 0.762 bits per heavy atom. The number of rotatable bonds is 2. The third-order valence-electron chi connectivity index (χ3n) is 0.667. The van der Waals surface area contributed by atoms with Crippen molar-refractivity contribution in [2.24, 2.45) is 0 Å². The lowest BCUT2D eigenvalue weighted by atomic mass is 10.4. The molecule has 0 unspecified atom stereocenters. The van der Waals surface area contributed by atoms with E-state index in [0.717, 1.165) is 0 Å². The molecule has 1 heteroatoms. The zero-order chi connectivity index (χ0) is 19.5. The number of thioether (sulfide) groups is 1. The van der Waals surface area contributed by atoms with Crippen LogP contribution in [-0.4, -0.2) is 6.26 Å². The maximum absolute atomic E-state index is 3.44. The predicted octanol–water partition coefficient (Wildman–Crippen LogP) is 9.62. The molecule has 0 aromatic carbocycles. The van der Waals surface area contributed by atoms with Gasteiger partial charge in [-0.1, -0.05) is 109 Å². The van der Waals surface area contributed by atoms with Crippen LogP contribution in [0.3, 0.4) is 0 Å². The Kier molecular flexibility index (Phi) is 714. The summed E-state index contributed by atoms with van der Waals surface area (Å²) in [4.78, 5) is 0. The molecular formula is C20H52S. The van der Waals surface area contributed by atoms with Crippen molar-refractivity contribution in [3.05, 3.63) is 24.6 Å². The molecule has 0 N–H and O–H groups in total. The first kappa shape index (κ1) is 49.8. The predicted molar refractivity (Wildman–Crippen MR) is 117 cm³/mol. The van der Waals surface area contributed by atoms with Gasteiger partial charge in [0.2, 0.25) is 0 Å². The summed E-state index contributed by atoms with van der Waals surface area (Å²) in [5.74, 6) is 0. The molecule has 21 heavy (non-hydrogen) atoms. The van der Waals surface area contributed by atoms with Gasteiger partial charge in [-0.2, -0.15) is 0 Å². The van der Waals surface area contributed by atoms with E-state index in [2.05, 4.69) is 27.0 Å². The van der Waals surface area contributed by atoms with E-state index >= 15 is 0 Å². The van der Waals surface area contributed by atoms with E-state index in [1.54, 1.807) is 23.2 Å². The molecular weight excluding hydrogens is 272 g/mol. The second kappa shape index (κ2) is 301. The molecule has 0 aliphatic carbocycles. The molecule has 0 spiro atoms. The largest absolute Gasteiger partial charge is 0.138 e. The molecule has 0 aliphatic rings. The molecule has 0 saturated heterocycles. The molecule has 0 radical (unpaired) electrons. The first-order valence-corrected chi connectivity index (χ1v) is 10.2. The maximum atomic E-state index is 3.44. The molecule has 0 saturated carbocycles. The summed E-state index contributed by atoms with van der Waals surface area (Å²) in [5.41, 5.74) is 0. The Labute approximate surface area is 145 Å². The van der Waals surface area contributed by atoms with Gasteiger partial charge in [-0.3, -0.25) is 0 Å². The monoisotopic (exact) mass is 324 g/mol. The summed E-state index contributed by atoms with van der Waals surface area (Å²) < 4.78 is 0. The fourth-order valence-corrected chi connectivity index (χ4v) is 0. The van der Waals surface area contributed by atoms with E-state index in [4.69, 9.17) is 0 Å². The zero-order valence-corrected chi connectivity index (χ0v) is 19.2. The molecule has 0 aromatic heterocycles. The van der Waals surface area contributed by atoms with Gasteiger partial charge in [-0.25, -0.2) is 0 Å². The van der Waals surface area contributed by atoms with E-state index < -0.39 is 0 Å². The molecule has 0 amide bonds. The summed E-state index contributed by atoms with van der Waals surface area (Å²) in [7, 11) is 0. The smallest absolute Gasteiger partial charge is 0.0142 e. The minimum Gasteiger partial charge on any atom is -0.138 e. The number of allylic oxidation sites excluding steroid dienone is 1. The Balaban J connectivity index is -0.0000000158.